The summed E-state index contributed by atoms with van der Waals surface area (Å²) in [5, 5.41) is 9.22. The molecular formula is C17H25NO. The molecule has 2 nitrogen and oxygen atoms in total. The minimum Gasteiger partial charge on any atom is -0.395 e. The zero-order valence-corrected chi connectivity index (χ0v) is 11.7. The number of benzene rings is 1. The maximum Gasteiger partial charge on any atom is 0.0558 e. The van der Waals surface area contributed by atoms with E-state index < -0.39 is 0 Å². The monoisotopic (exact) mass is 259 g/mol. The molecule has 0 amide bonds. The number of aliphatic hydroxyl groups excluding tert-OH is 1. The van der Waals surface area contributed by atoms with Crippen LogP contribution in [0.5, 0.6) is 0 Å². The Hall–Kier alpha value is -1.12. The summed E-state index contributed by atoms with van der Waals surface area (Å²) in [6.07, 6.45) is 11.0. The van der Waals surface area contributed by atoms with Crippen LogP contribution in [0.1, 0.15) is 37.7 Å². The molecule has 0 bridgehead atoms. The second-order valence-electron chi connectivity index (χ2n) is 5.32. The third kappa shape index (κ3) is 4.81. The smallest absolute Gasteiger partial charge is 0.0558 e. The highest BCUT2D eigenvalue weighted by molar-refractivity contribution is 5.48. The molecule has 1 saturated carbocycles. The topological polar surface area (TPSA) is 23.5 Å². The summed E-state index contributed by atoms with van der Waals surface area (Å²) in [6, 6.07) is 11.1. The zero-order valence-electron chi connectivity index (χ0n) is 11.7. The van der Waals surface area contributed by atoms with Crippen molar-refractivity contribution < 1.29 is 5.11 Å². The van der Waals surface area contributed by atoms with Gasteiger partial charge in [0.1, 0.15) is 0 Å². The van der Waals surface area contributed by atoms with Gasteiger partial charge in [0, 0.05) is 19.1 Å². The third-order valence-electron chi connectivity index (χ3n) is 3.93. The van der Waals surface area contributed by atoms with Gasteiger partial charge >= 0.3 is 0 Å². The van der Waals surface area contributed by atoms with Crippen LogP contribution in [0.4, 0.5) is 0 Å². The standard InChI is InChI=1S/C17H25NO/c19-15-14-18(17-11-5-2-6-12-17)13-7-10-16-8-3-1-4-9-16/h1,3-4,7-10,17,19H,2,5-6,11-15H2. The van der Waals surface area contributed by atoms with Crippen LogP contribution < -0.4 is 0 Å². The molecule has 0 saturated heterocycles. The van der Waals surface area contributed by atoms with E-state index in [1.165, 1.54) is 37.7 Å². The van der Waals surface area contributed by atoms with Gasteiger partial charge in [0.25, 0.3) is 0 Å². The maximum absolute atomic E-state index is 9.22. The quantitative estimate of drug-likeness (QED) is 0.847. The zero-order chi connectivity index (χ0) is 13.3. The molecule has 1 aromatic rings. The third-order valence-corrected chi connectivity index (χ3v) is 3.93. The summed E-state index contributed by atoms with van der Waals surface area (Å²) in [5.74, 6) is 0. The normalized spacial score (nSPS) is 17.4. The molecule has 1 aromatic carbocycles. The summed E-state index contributed by atoms with van der Waals surface area (Å²) in [5.41, 5.74) is 1.25. The molecule has 0 heterocycles. The van der Waals surface area contributed by atoms with Crippen molar-refractivity contribution in [3.63, 3.8) is 0 Å². The lowest BCUT2D eigenvalue weighted by Gasteiger charge is -2.33. The van der Waals surface area contributed by atoms with Crippen LogP contribution in [-0.4, -0.2) is 35.7 Å². The largest absolute Gasteiger partial charge is 0.395 e. The van der Waals surface area contributed by atoms with Crippen molar-refractivity contribution >= 4 is 6.08 Å². The van der Waals surface area contributed by atoms with E-state index in [1.807, 2.05) is 6.07 Å². The van der Waals surface area contributed by atoms with Gasteiger partial charge in [0.2, 0.25) is 0 Å². The number of hydrogen-bond donors (Lipinski definition) is 1. The average Bonchev–Trinajstić information content (AvgIpc) is 2.48. The molecule has 1 N–H and O–H groups in total. The highest BCUT2D eigenvalue weighted by Gasteiger charge is 2.19. The van der Waals surface area contributed by atoms with Gasteiger partial charge in [-0.1, -0.05) is 61.7 Å². The van der Waals surface area contributed by atoms with Gasteiger partial charge in [-0.25, -0.2) is 0 Å². The van der Waals surface area contributed by atoms with E-state index in [4.69, 9.17) is 0 Å². The fourth-order valence-electron chi connectivity index (χ4n) is 2.89. The molecule has 1 fully saturated rings. The van der Waals surface area contributed by atoms with E-state index in [1.54, 1.807) is 0 Å². The molecule has 19 heavy (non-hydrogen) atoms. The van der Waals surface area contributed by atoms with Crippen molar-refractivity contribution in [2.24, 2.45) is 0 Å². The predicted molar refractivity (Wildman–Crippen MR) is 81.0 cm³/mol. The van der Waals surface area contributed by atoms with Crippen LogP contribution in [0, 0.1) is 0 Å². The Morgan fingerprint density at radius 1 is 1.11 bits per heavy atom. The number of aliphatic hydroxyl groups is 1. The first-order valence-electron chi connectivity index (χ1n) is 7.46. The van der Waals surface area contributed by atoms with Crippen molar-refractivity contribution in [3.05, 3.63) is 42.0 Å². The van der Waals surface area contributed by atoms with Crippen LogP contribution >= 0.6 is 0 Å². The van der Waals surface area contributed by atoms with Crippen molar-refractivity contribution in [2.45, 2.75) is 38.1 Å². The number of rotatable bonds is 6. The molecule has 104 valence electrons. The molecule has 2 rings (SSSR count). The lowest BCUT2D eigenvalue weighted by Crippen LogP contribution is -2.38. The van der Waals surface area contributed by atoms with Gasteiger partial charge in [-0.2, -0.15) is 0 Å². The Kier molecular flexibility index (Phi) is 6.12. The Bertz CT molecular complexity index is 368. The fraction of sp³-hybridized carbons (Fsp3) is 0.529. The fourth-order valence-corrected chi connectivity index (χ4v) is 2.89. The van der Waals surface area contributed by atoms with Gasteiger partial charge in [0.15, 0.2) is 0 Å². The molecule has 1 aliphatic rings. The van der Waals surface area contributed by atoms with Crippen LogP contribution in [0.25, 0.3) is 6.08 Å². The first kappa shape index (κ1) is 14.3. The van der Waals surface area contributed by atoms with Crippen molar-refractivity contribution in [2.75, 3.05) is 19.7 Å². The summed E-state index contributed by atoms with van der Waals surface area (Å²) >= 11 is 0. The molecule has 0 aliphatic heterocycles. The van der Waals surface area contributed by atoms with Gasteiger partial charge in [-0.05, 0) is 18.4 Å². The van der Waals surface area contributed by atoms with E-state index in [0.29, 0.717) is 6.04 Å². The minimum absolute atomic E-state index is 0.260. The Morgan fingerprint density at radius 3 is 2.53 bits per heavy atom. The molecule has 1 aliphatic carbocycles. The molecule has 0 radical (unpaired) electrons. The molecule has 0 atom stereocenters. The van der Waals surface area contributed by atoms with Crippen molar-refractivity contribution in [3.8, 4) is 0 Å². The van der Waals surface area contributed by atoms with Crippen LogP contribution in [0.3, 0.4) is 0 Å². The average molecular weight is 259 g/mol. The Labute approximate surface area is 116 Å². The van der Waals surface area contributed by atoms with Crippen LogP contribution in [0.2, 0.25) is 0 Å². The second-order valence-corrected chi connectivity index (χ2v) is 5.32. The first-order chi connectivity index (χ1) is 9.40. The lowest BCUT2D eigenvalue weighted by molar-refractivity contribution is 0.137. The Morgan fingerprint density at radius 2 is 1.84 bits per heavy atom. The van der Waals surface area contributed by atoms with Gasteiger partial charge in [-0.15, -0.1) is 0 Å². The lowest BCUT2D eigenvalue weighted by atomic mass is 9.94. The molecule has 0 aromatic heterocycles. The van der Waals surface area contributed by atoms with E-state index >= 15 is 0 Å². The molecule has 0 spiro atoms. The minimum atomic E-state index is 0.260. The number of nitrogens with zero attached hydrogens (tertiary/aromatic N) is 1. The molecule has 2 heteroatoms. The summed E-state index contributed by atoms with van der Waals surface area (Å²) < 4.78 is 0. The van der Waals surface area contributed by atoms with Gasteiger partial charge in [-0.3, -0.25) is 4.90 Å². The second kappa shape index (κ2) is 8.13. The Balaban J connectivity index is 1.87. The maximum atomic E-state index is 9.22. The van der Waals surface area contributed by atoms with E-state index in [-0.39, 0.29) is 6.61 Å². The highest BCUT2D eigenvalue weighted by Crippen LogP contribution is 2.22. The number of hydrogen-bond acceptors (Lipinski definition) is 2. The van der Waals surface area contributed by atoms with E-state index in [9.17, 15) is 5.11 Å². The SMILES string of the molecule is OCCN(CC=Cc1ccccc1)C1CCCCC1. The van der Waals surface area contributed by atoms with Crippen LogP contribution in [0.15, 0.2) is 36.4 Å². The molecule has 0 unspecified atom stereocenters. The van der Waals surface area contributed by atoms with Gasteiger partial charge < -0.3 is 5.11 Å². The van der Waals surface area contributed by atoms with Crippen molar-refractivity contribution in [1.82, 2.24) is 4.90 Å². The van der Waals surface area contributed by atoms with Crippen LogP contribution in [-0.2, 0) is 0 Å². The summed E-state index contributed by atoms with van der Waals surface area (Å²) in [6.45, 7) is 2.00. The van der Waals surface area contributed by atoms with E-state index in [0.717, 1.165) is 13.1 Å². The summed E-state index contributed by atoms with van der Waals surface area (Å²) in [4.78, 5) is 2.43. The molecular weight excluding hydrogens is 234 g/mol. The highest BCUT2D eigenvalue weighted by atomic mass is 16.3. The predicted octanol–water partition coefficient (Wildman–Crippen LogP) is 3.33. The van der Waals surface area contributed by atoms with Gasteiger partial charge in [0.05, 0.1) is 6.61 Å². The van der Waals surface area contributed by atoms with Crippen molar-refractivity contribution in [1.29, 1.82) is 0 Å². The van der Waals surface area contributed by atoms with E-state index in [2.05, 4.69) is 41.3 Å². The first-order valence-corrected chi connectivity index (χ1v) is 7.46. The summed E-state index contributed by atoms with van der Waals surface area (Å²) in [7, 11) is 0.